The zero-order valence-corrected chi connectivity index (χ0v) is 19.7. The maximum Gasteiger partial charge on any atom is 0.300 e. The number of ether oxygens (including phenoxy) is 3. The van der Waals surface area contributed by atoms with Gasteiger partial charge in [0.05, 0.1) is 18.7 Å². The number of nitrogens with zero attached hydrogens (tertiary/aromatic N) is 1. The highest BCUT2D eigenvalue weighted by molar-refractivity contribution is 6.51. The maximum absolute atomic E-state index is 13.5. The Bertz CT molecular complexity index is 1380. The van der Waals surface area contributed by atoms with Gasteiger partial charge in [-0.1, -0.05) is 35.9 Å². The fourth-order valence-corrected chi connectivity index (χ4v) is 4.69. The van der Waals surface area contributed by atoms with E-state index in [1.165, 1.54) is 12.0 Å². The number of methoxy groups -OCH3 is 1. The van der Waals surface area contributed by atoms with Gasteiger partial charge in [0.15, 0.2) is 11.5 Å². The van der Waals surface area contributed by atoms with E-state index < -0.39 is 17.7 Å². The number of para-hydroxylation sites is 1. The van der Waals surface area contributed by atoms with Crippen LogP contribution in [0.3, 0.4) is 0 Å². The molecule has 1 unspecified atom stereocenters. The monoisotopic (exact) mass is 471 g/mol. The number of Topliss-reactive ketones (excluding diaryl/α,β-unsaturated/α-hetero) is 1. The predicted molar refractivity (Wildman–Crippen MR) is 131 cm³/mol. The molecule has 0 aliphatic carbocycles. The average Bonchev–Trinajstić information content (AvgIpc) is 3.13. The molecule has 1 saturated heterocycles. The third-order valence-electron chi connectivity index (χ3n) is 6.31. The summed E-state index contributed by atoms with van der Waals surface area (Å²) in [6.45, 7) is 4.68. The molecular weight excluding hydrogens is 446 g/mol. The van der Waals surface area contributed by atoms with Crippen LogP contribution in [0.15, 0.2) is 66.2 Å². The SMILES string of the molecule is COc1ccccc1C1/C(=C(\O)c2ccc3c(c2)OCCO3)C(=O)C(=O)N1c1ccc(C)cc1C. The molecule has 0 bridgehead atoms. The van der Waals surface area contributed by atoms with Crippen molar-refractivity contribution in [3.8, 4) is 17.2 Å². The summed E-state index contributed by atoms with van der Waals surface area (Å²) in [5.41, 5.74) is 3.39. The van der Waals surface area contributed by atoms with E-state index in [-0.39, 0.29) is 11.3 Å². The van der Waals surface area contributed by atoms with Gasteiger partial charge in [0.1, 0.15) is 24.7 Å². The first-order valence-electron chi connectivity index (χ1n) is 11.3. The van der Waals surface area contributed by atoms with Crippen molar-refractivity contribution in [2.45, 2.75) is 19.9 Å². The Morgan fingerprint density at radius 3 is 2.46 bits per heavy atom. The van der Waals surface area contributed by atoms with Gasteiger partial charge in [0.2, 0.25) is 0 Å². The summed E-state index contributed by atoms with van der Waals surface area (Å²) >= 11 is 0. The zero-order chi connectivity index (χ0) is 24.7. The lowest BCUT2D eigenvalue weighted by atomic mass is 9.94. The quantitative estimate of drug-likeness (QED) is 0.337. The Labute approximate surface area is 203 Å². The smallest absolute Gasteiger partial charge is 0.300 e. The Morgan fingerprint density at radius 1 is 0.971 bits per heavy atom. The van der Waals surface area contributed by atoms with Gasteiger partial charge < -0.3 is 19.3 Å². The molecular formula is C28H25NO6. The van der Waals surface area contributed by atoms with Crippen LogP contribution < -0.4 is 19.1 Å². The van der Waals surface area contributed by atoms with Crippen molar-refractivity contribution >= 4 is 23.1 Å². The number of rotatable bonds is 4. The molecule has 178 valence electrons. The number of aliphatic hydroxyl groups is 1. The number of aliphatic hydroxyl groups excluding tert-OH is 1. The van der Waals surface area contributed by atoms with Crippen LogP contribution in [-0.2, 0) is 9.59 Å². The first-order chi connectivity index (χ1) is 16.9. The highest BCUT2D eigenvalue weighted by Crippen LogP contribution is 2.46. The second kappa shape index (κ2) is 8.83. The lowest BCUT2D eigenvalue weighted by molar-refractivity contribution is -0.132. The number of aryl methyl sites for hydroxylation is 2. The van der Waals surface area contributed by atoms with E-state index in [2.05, 4.69) is 0 Å². The summed E-state index contributed by atoms with van der Waals surface area (Å²) in [4.78, 5) is 28.3. The highest BCUT2D eigenvalue weighted by Gasteiger charge is 2.48. The van der Waals surface area contributed by atoms with E-state index in [9.17, 15) is 14.7 Å². The summed E-state index contributed by atoms with van der Waals surface area (Å²) in [7, 11) is 1.53. The van der Waals surface area contributed by atoms with Crippen LogP contribution in [0.25, 0.3) is 5.76 Å². The number of benzene rings is 3. The van der Waals surface area contributed by atoms with E-state index in [0.29, 0.717) is 47.3 Å². The van der Waals surface area contributed by atoms with Crippen LogP contribution >= 0.6 is 0 Å². The topological polar surface area (TPSA) is 85.3 Å². The largest absolute Gasteiger partial charge is 0.507 e. The molecule has 35 heavy (non-hydrogen) atoms. The van der Waals surface area contributed by atoms with Crippen LogP contribution in [0, 0.1) is 13.8 Å². The van der Waals surface area contributed by atoms with Gasteiger partial charge in [0.25, 0.3) is 11.7 Å². The van der Waals surface area contributed by atoms with Crippen LogP contribution in [0.4, 0.5) is 5.69 Å². The number of ketones is 1. The predicted octanol–water partition coefficient (Wildman–Crippen LogP) is 4.71. The first kappa shape index (κ1) is 22.5. The van der Waals surface area contributed by atoms with E-state index in [1.807, 2.05) is 44.2 Å². The van der Waals surface area contributed by atoms with Crippen LogP contribution in [0.2, 0.25) is 0 Å². The Balaban J connectivity index is 1.74. The van der Waals surface area contributed by atoms with Crippen molar-refractivity contribution in [1.82, 2.24) is 0 Å². The molecule has 0 radical (unpaired) electrons. The fourth-order valence-electron chi connectivity index (χ4n) is 4.69. The number of carbonyl (C=O) groups excluding carboxylic acids is 2. The van der Waals surface area contributed by atoms with Gasteiger partial charge in [-0.25, -0.2) is 0 Å². The molecule has 0 saturated carbocycles. The average molecular weight is 472 g/mol. The first-order valence-corrected chi connectivity index (χ1v) is 11.3. The minimum atomic E-state index is -0.888. The second-order valence-electron chi connectivity index (χ2n) is 8.56. The van der Waals surface area contributed by atoms with Crippen molar-refractivity contribution in [3.63, 3.8) is 0 Å². The van der Waals surface area contributed by atoms with Gasteiger partial charge in [-0.3, -0.25) is 14.5 Å². The third kappa shape index (κ3) is 3.79. The van der Waals surface area contributed by atoms with Gasteiger partial charge in [-0.2, -0.15) is 0 Å². The van der Waals surface area contributed by atoms with Crippen LogP contribution in [0.5, 0.6) is 17.2 Å². The molecule has 2 aliphatic rings. The normalized spacial score (nSPS) is 18.6. The molecule has 1 N–H and O–H groups in total. The van der Waals surface area contributed by atoms with Gasteiger partial charge in [-0.05, 0) is 49.7 Å². The van der Waals surface area contributed by atoms with E-state index >= 15 is 0 Å². The van der Waals surface area contributed by atoms with Crippen molar-refractivity contribution in [1.29, 1.82) is 0 Å². The minimum absolute atomic E-state index is 0.0175. The fraction of sp³-hybridized carbons (Fsp3) is 0.214. The molecule has 0 aromatic heterocycles. The summed E-state index contributed by atoms with van der Waals surface area (Å²) in [5, 5.41) is 11.4. The molecule has 3 aromatic rings. The molecule has 7 heteroatoms. The van der Waals surface area contributed by atoms with Gasteiger partial charge in [0, 0.05) is 16.8 Å². The number of anilines is 1. The van der Waals surface area contributed by atoms with E-state index in [0.717, 1.165) is 11.1 Å². The Hall–Kier alpha value is -4.26. The summed E-state index contributed by atoms with van der Waals surface area (Å²) < 4.78 is 16.8. The molecule has 2 heterocycles. The van der Waals surface area contributed by atoms with Crippen molar-refractivity contribution < 1.29 is 28.9 Å². The molecule has 2 aliphatic heterocycles. The van der Waals surface area contributed by atoms with Crippen LogP contribution in [-0.4, -0.2) is 37.1 Å². The molecule has 1 fully saturated rings. The summed E-state index contributed by atoms with van der Waals surface area (Å²) in [6, 6.07) is 16.9. The second-order valence-corrected chi connectivity index (χ2v) is 8.56. The summed E-state index contributed by atoms with van der Waals surface area (Å²) in [5.74, 6) is -0.242. The molecule has 3 aromatic carbocycles. The van der Waals surface area contributed by atoms with Crippen molar-refractivity contribution in [2.24, 2.45) is 0 Å². The van der Waals surface area contributed by atoms with E-state index in [1.54, 1.807) is 30.3 Å². The van der Waals surface area contributed by atoms with Gasteiger partial charge in [-0.15, -0.1) is 0 Å². The maximum atomic E-state index is 13.5. The number of amides is 1. The standard InChI is InChI=1S/C28H25NO6/c1-16-8-10-20(17(2)14-16)29-25(19-6-4-5-7-21(19)33-3)24(27(31)28(29)32)26(30)18-9-11-22-23(15-18)35-13-12-34-22/h4-11,14-15,25,30H,12-13H2,1-3H3/b26-24+. The Morgan fingerprint density at radius 2 is 1.71 bits per heavy atom. The van der Waals surface area contributed by atoms with Gasteiger partial charge >= 0.3 is 0 Å². The number of hydrogen-bond acceptors (Lipinski definition) is 6. The number of hydrogen-bond donors (Lipinski definition) is 1. The molecule has 5 rings (SSSR count). The Kier molecular flexibility index (Phi) is 5.68. The minimum Gasteiger partial charge on any atom is -0.507 e. The summed E-state index contributed by atoms with van der Waals surface area (Å²) in [6.07, 6.45) is 0. The van der Waals surface area contributed by atoms with Crippen molar-refractivity contribution in [3.05, 3.63) is 88.5 Å². The lowest BCUT2D eigenvalue weighted by Gasteiger charge is -2.28. The third-order valence-corrected chi connectivity index (χ3v) is 6.31. The molecule has 7 nitrogen and oxygen atoms in total. The number of fused-ring (bicyclic) bond motifs is 1. The molecule has 0 spiro atoms. The lowest BCUT2D eigenvalue weighted by Crippen LogP contribution is -2.30. The number of carbonyl (C=O) groups is 2. The van der Waals surface area contributed by atoms with Crippen molar-refractivity contribution in [2.75, 3.05) is 25.2 Å². The molecule has 1 amide bonds. The van der Waals surface area contributed by atoms with Crippen LogP contribution in [0.1, 0.15) is 28.3 Å². The highest BCUT2D eigenvalue weighted by atomic mass is 16.6. The zero-order valence-electron chi connectivity index (χ0n) is 19.7. The molecule has 1 atom stereocenters. The van der Waals surface area contributed by atoms with E-state index in [4.69, 9.17) is 14.2 Å².